The van der Waals surface area contributed by atoms with Crippen molar-refractivity contribution in [3.05, 3.63) is 45.9 Å². The van der Waals surface area contributed by atoms with E-state index in [1.807, 2.05) is 18.2 Å². The molecule has 2 amide bonds. The summed E-state index contributed by atoms with van der Waals surface area (Å²) in [4.78, 5) is 12.5. The van der Waals surface area contributed by atoms with E-state index in [-0.39, 0.29) is 16.5 Å². The summed E-state index contributed by atoms with van der Waals surface area (Å²) in [7, 11) is 0. The Labute approximate surface area is 220 Å². The number of benzene rings is 2. The number of phenolic OH excluding ortho intramolecular Hbond substituents is 1. The molecule has 0 unspecified atom stereocenters. The Bertz CT molecular complexity index is 921. The number of amides is 2. The first kappa shape index (κ1) is 29.1. The van der Waals surface area contributed by atoms with E-state index in [9.17, 15) is 9.90 Å². The van der Waals surface area contributed by atoms with E-state index < -0.39 is 6.03 Å². The Hall–Kier alpha value is -2.11. The number of nitrogens with one attached hydrogen (secondary N) is 2. The van der Waals surface area contributed by atoms with Crippen LogP contribution in [0.2, 0.25) is 10.0 Å². The normalized spacial score (nSPS) is 10.9. The molecule has 0 saturated heterocycles. The largest absolute Gasteiger partial charge is 0.504 e. The highest BCUT2D eigenvalue weighted by atomic mass is 35.5. The summed E-state index contributed by atoms with van der Waals surface area (Å²) >= 11 is 12.2. The third kappa shape index (κ3) is 10.6. The number of unbranched alkanes of at least 4 members (excludes halogenated alkanes) is 11. The molecule has 5 nitrogen and oxygen atoms in total. The van der Waals surface area contributed by atoms with Gasteiger partial charge in [-0.1, -0.05) is 113 Å². The van der Waals surface area contributed by atoms with Crippen molar-refractivity contribution in [1.82, 2.24) is 0 Å². The zero-order chi connectivity index (χ0) is 25.5. The monoisotopic (exact) mass is 522 g/mol. The lowest BCUT2D eigenvalue weighted by Crippen LogP contribution is -2.20. The number of rotatable bonds is 16. The zero-order valence-electron chi connectivity index (χ0n) is 21.1. The Morgan fingerprint density at radius 2 is 1.40 bits per heavy atom. The number of carbonyl (C=O) groups is 1. The van der Waals surface area contributed by atoms with Gasteiger partial charge in [0, 0.05) is 5.02 Å². The van der Waals surface area contributed by atoms with Gasteiger partial charge in [-0.2, -0.15) is 0 Å². The first-order valence-electron chi connectivity index (χ1n) is 12.9. The van der Waals surface area contributed by atoms with Crippen LogP contribution in [0.4, 0.5) is 16.2 Å². The molecular formula is C28H40Cl2N2O3. The first-order valence-corrected chi connectivity index (χ1v) is 13.7. The van der Waals surface area contributed by atoms with E-state index in [0.717, 1.165) is 12.8 Å². The summed E-state index contributed by atoms with van der Waals surface area (Å²) in [5, 5.41) is 16.0. The highest BCUT2D eigenvalue weighted by molar-refractivity contribution is 6.37. The number of carbonyl (C=O) groups excluding carboxylic acids is 1. The molecule has 0 bridgehead atoms. The molecule has 2 aromatic carbocycles. The fraction of sp³-hybridized carbons (Fsp3) is 0.536. The zero-order valence-corrected chi connectivity index (χ0v) is 22.6. The van der Waals surface area contributed by atoms with Gasteiger partial charge in [0.15, 0.2) is 5.75 Å². The number of urea groups is 1. The Morgan fingerprint density at radius 3 is 2.03 bits per heavy atom. The molecule has 0 aliphatic rings. The fourth-order valence-electron chi connectivity index (χ4n) is 3.90. The van der Waals surface area contributed by atoms with Crippen LogP contribution in [0, 0.1) is 6.92 Å². The minimum Gasteiger partial charge on any atom is -0.504 e. The van der Waals surface area contributed by atoms with E-state index >= 15 is 0 Å². The van der Waals surface area contributed by atoms with Crippen LogP contribution in [0.25, 0.3) is 0 Å². The number of phenols is 1. The fourth-order valence-corrected chi connectivity index (χ4v) is 4.35. The van der Waals surface area contributed by atoms with Gasteiger partial charge in [0.25, 0.3) is 0 Å². The van der Waals surface area contributed by atoms with Gasteiger partial charge >= 0.3 is 6.03 Å². The van der Waals surface area contributed by atoms with Crippen LogP contribution in [0.3, 0.4) is 0 Å². The van der Waals surface area contributed by atoms with Crippen molar-refractivity contribution in [2.24, 2.45) is 0 Å². The van der Waals surface area contributed by atoms with Crippen LogP contribution in [-0.4, -0.2) is 17.7 Å². The van der Waals surface area contributed by atoms with Crippen molar-refractivity contribution in [2.75, 3.05) is 17.2 Å². The lowest BCUT2D eigenvalue weighted by molar-refractivity contribution is 0.261. The maximum atomic E-state index is 12.5. The van der Waals surface area contributed by atoms with Gasteiger partial charge in [0.05, 0.1) is 23.0 Å². The molecule has 0 aliphatic carbocycles. The molecule has 0 heterocycles. The summed E-state index contributed by atoms with van der Waals surface area (Å²) < 4.78 is 5.92. The standard InChI is InChI=1S/C28H40Cl2N2O3/c1-3-4-5-6-7-8-9-10-11-12-13-16-19-35-25-18-15-14-17-23(25)31-28(34)32-24-20-22(29)21(2)26(30)27(24)33/h14-15,17-18,20,33H,3-13,16,19H2,1-2H3,(H2,31,32,34). The number of hydrogen-bond acceptors (Lipinski definition) is 3. The average Bonchev–Trinajstić information content (AvgIpc) is 2.85. The number of halogens is 2. The summed E-state index contributed by atoms with van der Waals surface area (Å²) in [5.74, 6) is 0.384. The topological polar surface area (TPSA) is 70.6 Å². The molecule has 2 rings (SSSR count). The van der Waals surface area contributed by atoms with E-state index in [1.54, 1.807) is 13.0 Å². The second-order valence-corrected chi connectivity index (χ2v) is 9.79. The predicted molar refractivity (Wildman–Crippen MR) is 149 cm³/mol. The van der Waals surface area contributed by atoms with E-state index in [1.165, 1.54) is 70.3 Å². The van der Waals surface area contributed by atoms with Crippen molar-refractivity contribution >= 4 is 40.6 Å². The first-order chi connectivity index (χ1) is 16.9. The summed E-state index contributed by atoms with van der Waals surface area (Å²) in [6.07, 6.45) is 15.5. The van der Waals surface area contributed by atoms with Crippen molar-refractivity contribution < 1.29 is 14.6 Å². The summed E-state index contributed by atoms with van der Waals surface area (Å²) in [5.41, 5.74) is 1.24. The Balaban J connectivity index is 1.68. The molecule has 7 heteroatoms. The van der Waals surface area contributed by atoms with Gasteiger partial charge in [0.1, 0.15) is 5.75 Å². The van der Waals surface area contributed by atoms with E-state index in [0.29, 0.717) is 28.6 Å². The molecule has 0 aliphatic heterocycles. The highest BCUT2D eigenvalue weighted by Crippen LogP contribution is 2.39. The second kappa shape index (κ2) is 16.5. The van der Waals surface area contributed by atoms with Crippen LogP contribution in [0.1, 0.15) is 89.5 Å². The maximum absolute atomic E-state index is 12.5. The molecule has 3 N–H and O–H groups in total. The van der Waals surface area contributed by atoms with Gasteiger partial charge < -0.3 is 20.5 Å². The summed E-state index contributed by atoms with van der Waals surface area (Å²) in [6.45, 7) is 4.55. The van der Waals surface area contributed by atoms with Crippen LogP contribution in [0.15, 0.2) is 30.3 Å². The summed E-state index contributed by atoms with van der Waals surface area (Å²) in [6, 6.07) is 8.22. The number of para-hydroxylation sites is 2. The number of aromatic hydroxyl groups is 1. The second-order valence-electron chi connectivity index (χ2n) is 9.01. The number of ether oxygens (including phenoxy) is 1. The van der Waals surface area contributed by atoms with Crippen molar-refractivity contribution in [1.29, 1.82) is 0 Å². The smallest absolute Gasteiger partial charge is 0.323 e. The number of anilines is 2. The van der Waals surface area contributed by atoms with Crippen LogP contribution in [-0.2, 0) is 0 Å². The molecule has 0 saturated carbocycles. The molecule has 35 heavy (non-hydrogen) atoms. The molecule has 0 radical (unpaired) electrons. The molecule has 0 spiro atoms. The van der Waals surface area contributed by atoms with Crippen LogP contribution < -0.4 is 15.4 Å². The van der Waals surface area contributed by atoms with E-state index in [4.69, 9.17) is 27.9 Å². The van der Waals surface area contributed by atoms with Gasteiger partial charge in [-0.3, -0.25) is 0 Å². The Morgan fingerprint density at radius 1 is 0.857 bits per heavy atom. The van der Waals surface area contributed by atoms with Crippen molar-refractivity contribution in [3.8, 4) is 11.5 Å². The Kier molecular flexibility index (Phi) is 13.8. The minimum absolute atomic E-state index is 0.110. The molecule has 0 atom stereocenters. The lowest BCUT2D eigenvalue weighted by atomic mass is 10.1. The molecule has 0 fully saturated rings. The van der Waals surface area contributed by atoms with Crippen LogP contribution >= 0.6 is 23.2 Å². The SMILES string of the molecule is CCCCCCCCCCCCCCOc1ccccc1NC(=O)Nc1cc(Cl)c(C)c(Cl)c1O. The minimum atomic E-state index is -0.530. The molecule has 2 aromatic rings. The molecular weight excluding hydrogens is 483 g/mol. The van der Waals surface area contributed by atoms with Gasteiger partial charge in [-0.15, -0.1) is 0 Å². The van der Waals surface area contributed by atoms with Crippen LogP contribution in [0.5, 0.6) is 11.5 Å². The maximum Gasteiger partial charge on any atom is 0.323 e. The predicted octanol–water partition coefficient (Wildman–Crippen LogP) is 9.73. The average molecular weight is 524 g/mol. The van der Waals surface area contributed by atoms with Gasteiger partial charge in [-0.25, -0.2) is 4.79 Å². The molecule has 194 valence electrons. The third-order valence-corrected chi connectivity index (χ3v) is 6.92. The van der Waals surface area contributed by atoms with Crippen molar-refractivity contribution in [3.63, 3.8) is 0 Å². The number of hydrogen-bond donors (Lipinski definition) is 3. The third-order valence-electron chi connectivity index (χ3n) is 6.06. The highest BCUT2D eigenvalue weighted by Gasteiger charge is 2.15. The van der Waals surface area contributed by atoms with Gasteiger partial charge in [-0.05, 0) is 37.1 Å². The van der Waals surface area contributed by atoms with Gasteiger partial charge in [0.2, 0.25) is 0 Å². The van der Waals surface area contributed by atoms with E-state index in [2.05, 4.69) is 17.6 Å². The van der Waals surface area contributed by atoms with Crippen molar-refractivity contribution in [2.45, 2.75) is 90.9 Å². The lowest BCUT2D eigenvalue weighted by Gasteiger charge is -2.15. The quantitative estimate of drug-likeness (QED) is 0.151. The molecule has 0 aromatic heterocycles.